The van der Waals surface area contributed by atoms with Gasteiger partial charge >= 0.3 is 0 Å². The van der Waals surface area contributed by atoms with Gasteiger partial charge in [0.1, 0.15) is 4.70 Å². The van der Waals surface area contributed by atoms with Crippen LogP contribution in [-0.4, -0.2) is 35.2 Å². The molecule has 4 aromatic rings. The van der Waals surface area contributed by atoms with Crippen molar-refractivity contribution in [1.82, 2.24) is 9.55 Å². The van der Waals surface area contributed by atoms with Crippen molar-refractivity contribution < 1.29 is 14.3 Å². The Morgan fingerprint density at radius 1 is 1.00 bits per heavy atom. The van der Waals surface area contributed by atoms with Crippen molar-refractivity contribution in [3.05, 3.63) is 70.1 Å². The molecule has 2 aromatic carbocycles. The summed E-state index contributed by atoms with van der Waals surface area (Å²) in [4.78, 5) is 31.7. The van der Waals surface area contributed by atoms with E-state index in [0.29, 0.717) is 47.9 Å². The molecule has 1 aliphatic rings. The van der Waals surface area contributed by atoms with E-state index in [-0.39, 0.29) is 11.5 Å². The molecular formula is C27H27N3O4S. The van der Waals surface area contributed by atoms with Gasteiger partial charge < -0.3 is 14.4 Å². The molecule has 1 amide bonds. The third-order valence-corrected chi connectivity index (χ3v) is 7.03. The summed E-state index contributed by atoms with van der Waals surface area (Å²) in [6.45, 7) is 6.15. The van der Waals surface area contributed by atoms with Crippen LogP contribution in [0.3, 0.4) is 0 Å². The molecule has 0 aliphatic carbocycles. The van der Waals surface area contributed by atoms with Gasteiger partial charge in [-0.05, 0) is 55.7 Å². The van der Waals surface area contributed by atoms with Crippen LogP contribution in [0, 0.1) is 0 Å². The molecule has 1 saturated heterocycles. The number of ether oxygens (including phenoxy) is 2. The molecule has 7 nitrogen and oxygen atoms in total. The quantitative estimate of drug-likeness (QED) is 0.344. The number of anilines is 1. The standard InChI is InChI=1S/C27H27N3O4S/c1-3-33-22-12-9-19(14-23(22)34-4-2)21-16-35-26-25(21)28-17-29(27(26)32)15-18-7-10-20(11-8-18)30-13-5-6-24(30)31/h7-12,14,16-17H,3-6,13,15H2,1-2H3. The number of carbonyl (C=O) groups is 1. The smallest absolute Gasteiger partial charge is 0.271 e. The summed E-state index contributed by atoms with van der Waals surface area (Å²) in [7, 11) is 0. The first-order chi connectivity index (χ1) is 17.1. The van der Waals surface area contributed by atoms with Crippen LogP contribution in [0.5, 0.6) is 11.5 Å². The van der Waals surface area contributed by atoms with Crippen LogP contribution in [0.25, 0.3) is 21.3 Å². The number of rotatable bonds is 8. The van der Waals surface area contributed by atoms with Gasteiger partial charge in [0.05, 0.1) is 31.6 Å². The van der Waals surface area contributed by atoms with Crippen molar-refractivity contribution in [2.75, 3.05) is 24.7 Å². The second kappa shape index (κ2) is 9.92. The highest BCUT2D eigenvalue weighted by molar-refractivity contribution is 7.17. The largest absolute Gasteiger partial charge is 0.490 e. The molecule has 1 fully saturated rings. The van der Waals surface area contributed by atoms with Gasteiger partial charge in [-0.15, -0.1) is 11.3 Å². The van der Waals surface area contributed by atoms with Gasteiger partial charge in [0.15, 0.2) is 11.5 Å². The van der Waals surface area contributed by atoms with Crippen LogP contribution < -0.4 is 19.9 Å². The molecule has 0 unspecified atom stereocenters. The number of aromatic nitrogens is 2. The van der Waals surface area contributed by atoms with E-state index in [0.717, 1.165) is 35.3 Å². The fourth-order valence-corrected chi connectivity index (χ4v) is 5.35. The van der Waals surface area contributed by atoms with E-state index in [1.165, 1.54) is 11.3 Å². The highest BCUT2D eigenvalue weighted by Crippen LogP contribution is 2.37. The SMILES string of the molecule is CCOc1ccc(-c2csc3c(=O)n(Cc4ccc(N5CCCC5=O)cc4)cnc23)cc1OCC. The van der Waals surface area contributed by atoms with Crippen molar-refractivity contribution in [1.29, 1.82) is 0 Å². The van der Waals surface area contributed by atoms with Crippen LogP contribution in [0.4, 0.5) is 5.69 Å². The summed E-state index contributed by atoms with van der Waals surface area (Å²) in [5, 5.41) is 1.97. The van der Waals surface area contributed by atoms with Gasteiger partial charge in [0, 0.05) is 29.6 Å². The zero-order chi connectivity index (χ0) is 24.4. The molecule has 3 heterocycles. The van der Waals surface area contributed by atoms with Gasteiger partial charge in [-0.1, -0.05) is 18.2 Å². The summed E-state index contributed by atoms with van der Waals surface area (Å²) in [6.07, 6.45) is 3.11. The maximum atomic E-state index is 13.2. The van der Waals surface area contributed by atoms with E-state index in [9.17, 15) is 9.59 Å². The average molecular weight is 490 g/mol. The fourth-order valence-electron chi connectivity index (χ4n) is 4.38. The number of hydrogen-bond donors (Lipinski definition) is 0. The summed E-state index contributed by atoms with van der Waals surface area (Å²) >= 11 is 1.40. The third kappa shape index (κ3) is 4.53. The molecule has 0 N–H and O–H groups in total. The zero-order valence-electron chi connectivity index (χ0n) is 19.8. The lowest BCUT2D eigenvalue weighted by atomic mass is 10.1. The number of carbonyl (C=O) groups excluding carboxylic acids is 1. The molecule has 8 heteroatoms. The highest BCUT2D eigenvalue weighted by Gasteiger charge is 2.21. The molecule has 0 radical (unpaired) electrons. The Kier molecular flexibility index (Phi) is 6.55. The Morgan fingerprint density at radius 2 is 1.77 bits per heavy atom. The molecule has 0 spiro atoms. The van der Waals surface area contributed by atoms with Gasteiger partial charge in [-0.25, -0.2) is 4.98 Å². The first-order valence-corrected chi connectivity index (χ1v) is 12.7. The Hall–Kier alpha value is -3.65. The zero-order valence-corrected chi connectivity index (χ0v) is 20.6. The number of nitrogens with zero attached hydrogens (tertiary/aromatic N) is 3. The topological polar surface area (TPSA) is 73.7 Å². The van der Waals surface area contributed by atoms with Gasteiger partial charge in [-0.3, -0.25) is 14.2 Å². The molecule has 0 atom stereocenters. The molecule has 0 bridgehead atoms. The van der Waals surface area contributed by atoms with E-state index < -0.39 is 0 Å². The van der Waals surface area contributed by atoms with E-state index in [4.69, 9.17) is 9.47 Å². The molecule has 180 valence electrons. The molecule has 35 heavy (non-hydrogen) atoms. The number of fused-ring (bicyclic) bond motifs is 1. The second-order valence-corrected chi connectivity index (χ2v) is 9.23. The molecule has 0 saturated carbocycles. The van der Waals surface area contributed by atoms with E-state index in [1.54, 1.807) is 10.9 Å². The second-order valence-electron chi connectivity index (χ2n) is 8.35. The van der Waals surface area contributed by atoms with Gasteiger partial charge in [0.2, 0.25) is 5.91 Å². The first-order valence-electron chi connectivity index (χ1n) is 11.8. The highest BCUT2D eigenvalue weighted by atomic mass is 32.1. The summed E-state index contributed by atoms with van der Waals surface area (Å²) in [6, 6.07) is 13.6. The summed E-state index contributed by atoms with van der Waals surface area (Å²) in [5.41, 5.74) is 4.33. The van der Waals surface area contributed by atoms with Crippen molar-refractivity contribution >= 4 is 33.1 Å². The minimum absolute atomic E-state index is 0.0685. The van der Waals surface area contributed by atoms with E-state index in [1.807, 2.05) is 66.6 Å². The maximum Gasteiger partial charge on any atom is 0.271 e. The first kappa shape index (κ1) is 23.1. The van der Waals surface area contributed by atoms with Crippen molar-refractivity contribution in [2.24, 2.45) is 0 Å². The van der Waals surface area contributed by atoms with Crippen LogP contribution in [0.2, 0.25) is 0 Å². The molecule has 2 aromatic heterocycles. The van der Waals surface area contributed by atoms with Crippen molar-refractivity contribution in [3.8, 4) is 22.6 Å². The van der Waals surface area contributed by atoms with Crippen LogP contribution in [-0.2, 0) is 11.3 Å². The molecular weight excluding hydrogens is 462 g/mol. The summed E-state index contributed by atoms with van der Waals surface area (Å²) < 4.78 is 13.7. The predicted octanol–water partition coefficient (Wildman–Crippen LogP) is 5.10. The lowest BCUT2D eigenvalue weighted by Crippen LogP contribution is -2.23. The predicted molar refractivity (Wildman–Crippen MR) is 139 cm³/mol. The van der Waals surface area contributed by atoms with Crippen molar-refractivity contribution in [2.45, 2.75) is 33.2 Å². The van der Waals surface area contributed by atoms with Gasteiger partial charge in [-0.2, -0.15) is 0 Å². The average Bonchev–Trinajstić information content (AvgIpc) is 3.49. The van der Waals surface area contributed by atoms with Crippen molar-refractivity contribution in [3.63, 3.8) is 0 Å². The van der Waals surface area contributed by atoms with Crippen LogP contribution >= 0.6 is 11.3 Å². The lowest BCUT2D eigenvalue weighted by Gasteiger charge is -2.16. The lowest BCUT2D eigenvalue weighted by molar-refractivity contribution is -0.117. The monoisotopic (exact) mass is 489 g/mol. The number of benzene rings is 2. The fraction of sp³-hybridized carbons (Fsp3) is 0.296. The minimum Gasteiger partial charge on any atom is -0.490 e. The maximum absolute atomic E-state index is 13.2. The van der Waals surface area contributed by atoms with Crippen LogP contribution in [0.15, 0.2) is 59.0 Å². The number of amides is 1. The van der Waals surface area contributed by atoms with E-state index >= 15 is 0 Å². The Morgan fingerprint density at radius 3 is 2.49 bits per heavy atom. The number of thiophene rings is 1. The van der Waals surface area contributed by atoms with E-state index in [2.05, 4.69) is 4.98 Å². The Bertz CT molecular complexity index is 1420. The normalized spacial score (nSPS) is 13.5. The van der Waals surface area contributed by atoms with Crippen LogP contribution in [0.1, 0.15) is 32.3 Å². The van der Waals surface area contributed by atoms with Gasteiger partial charge in [0.25, 0.3) is 5.56 Å². The molecule has 5 rings (SSSR count). The Labute approximate surface area is 207 Å². The number of hydrogen-bond acceptors (Lipinski definition) is 6. The summed E-state index contributed by atoms with van der Waals surface area (Å²) in [5.74, 6) is 1.55. The molecule has 1 aliphatic heterocycles. The minimum atomic E-state index is -0.0685. The Balaban J connectivity index is 1.42. The third-order valence-electron chi connectivity index (χ3n) is 6.07.